The van der Waals surface area contributed by atoms with Crippen LogP contribution in [0.1, 0.15) is 45.4 Å². The molecule has 0 aliphatic carbocycles. The standard InChI is InChI=1S/C15H26N2/c1-5-12(4)15(16-7-3)10-14-9-8-13(6-2)11-17-14/h8-9,11-12,15-16H,5-7,10H2,1-4H3. The van der Waals surface area contributed by atoms with Gasteiger partial charge in [0.2, 0.25) is 0 Å². The Morgan fingerprint density at radius 3 is 2.47 bits per heavy atom. The maximum absolute atomic E-state index is 4.55. The van der Waals surface area contributed by atoms with Gasteiger partial charge in [-0.05, 0) is 30.5 Å². The molecule has 0 fully saturated rings. The van der Waals surface area contributed by atoms with Gasteiger partial charge < -0.3 is 5.32 Å². The summed E-state index contributed by atoms with van der Waals surface area (Å²) in [7, 11) is 0. The van der Waals surface area contributed by atoms with Gasteiger partial charge in [0, 0.05) is 24.4 Å². The SMILES string of the molecule is CCNC(Cc1ccc(CC)cn1)C(C)CC. The highest BCUT2D eigenvalue weighted by atomic mass is 14.9. The third-order valence-corrected chi connectivity index (χ3v) is 3.52. The summed E-state index contributed by atoms with van der Waals surface area (Å²) in [5.74, 6) is 0.697. The molecule has 17 heavy (non-hydrogen) atoms. The predicted molar refractivity (Wildman–Crippen MR) is 74.2 cm³/mol. The first-order valence-electron chi connectivity index (χ1n) is 6.88. The second-order valence-corrected chi connectivity index (χ2v) is 4.77. The fourth-order valence-corrected chi connectivity index (χ4v) is 2.03. The Bertz CT molecular complexity index is 305. The van der Waals surface area contributed by atoms with Gasteiger partial charge >= 0.3 is 0 Å². The van der Waals surface area contributed by atoms with E-state index in [1.54, 1.807) is 0 Å². The number of nitrogens with zero attached hydrogens (tertiary/aromatic N) is 1. The van der Waals surface area contributed by atoms with E-state index in [1.807, 2.05) is 6.20 Å². The molecule has 1 N–H and O–H groups in total. The summed E-state index contributed by atoms with van der Waals surface area (Å²) in [6.07, 6.45) is 5.32. The van der Waals surface area contributed by atoms with E-state index in [0.29, 0.717) is 12.0 Å². The van der Waals surface area contributed by atoms with Gasteiger partial charge in [0.1, 0.15) is 0 Å². The molecular formula is C15H26N2. The zero-order valence-electron chi connectivity index (χ0n) is 11.7. The van der Waals surface area contributed by atoms with E-state index < -0.39 is 0 Å². The van der Waals surface area contributed by atoms with Crippen molar-refractivity contribution in [3.05, 3.63) is 29.6 Å². The molecule has 1 aromatic heterocycles. The molecule has 96 valence electrons. The van der Waals surface area contributed by atoms with E-state index >= 15 is 0 Å². The van der Waals surface area contributed by atoms with Crippen molar-refractivity contribution >= 4 is 0 Å². The summed E-state index contributed by atoms with van der Waals surface area (Å²) in [6.45, 7) is 9.93. The maximum atomic E-state index is 4.55. The molecule has 0 aromatic carbocycles. The minimum Gasteiger partial charge on any atom is -0.314 e. The summed E-state index contributed by atoms with van der Waals surface area (Å²) < 4.78 is 0. The third kappa shape index (κ3) is 4.47. The highest BCUT2D eigenvalue weighted by molar-refractivity contribution is 5.14. The highest BCUT2D eigenvalue weighted by Gasteiger charge is 2.15. The van der Waals surface area contributed by atoms with Crippen LogP contribution in [0.2, 0.25) is 0 Å². The molecule has 0 saturated heterocycles. The predicted octanol–water partition coefficient (Wildman–Crippen LogP) is 3.21. The molecule has 0 bridgehead atoms. The van der Waals surface area contributed by atoms with E-state index in [9.17, 15) is 0 Å². The molecular weight excluding hydrogens is 208 g/mol. The van der Waals surface area contributed by atoms with Gasteiger partial charge in [-0.25, -0.2) is 0 Å². The summed E-state index contributed by atoms with van der Waals surface area (Å²) in [4.78, 5) is 4.55. The first kappa shape index (κ1) is 14.2. The van der Waals surface area contributed by atoms with Crippen LogP contribution in [0.15, 0.2) is 18.3 Å². The molecule has 0 aliphatic rings. The summed E-state index contributed by atoms with van der Waals surface area (Å²) in [6, 6.07) is 4.91. The lowest BCUT2D eigenvalue weighted by atomic mass is 9.94. The minimum atomic E-state index is 0.546. The van der Waals surface area contributed by atoms with Gasteiger partial charge in [0.15, 0.2) is 0 Å². The molecule has 0 aliphatic heterocycles. The van der Waals surface area contributed by atoms with E-state index in [-0.39, 0.29) is 0 Å². The fraction of sp³-hybridized carbons (Fsp3) is 0.667. The molecule has 1 heterocycles. The molecule has 0 radical (unpaired) electrons. The van der Waals surface area contributed by atoms with Crippen LogP contribution in [0, 0.1) is 5.92 Å². The molecule has 0 saturated carbocycles. The first-order valence-corrected chi connectivity index (χ1v) is 6.88. The molecule has 1 rings (SSSR count). The van der Waals surface area contributed by atoms with E-state index in [0.717, 1.165) is 19.4 Å². The molecule has 2 nitrogen and oxygen atoms in total. The van der Waals surface area contributed by atoms with Gasteiger partial charge in [-0.15, -0.1) is 0 Å². The zero-order chi connectivity index (χ0) is 12.7. The Morgan fingerprint density at radius 1 is 1.24 bits per heavy atom. The van der Waals surface area contributed by atoms with Crippen LogP contribution in [0.5, 0.6) is 0 Å². The van der Waals surface area contributed by atoms with Crippen molar-refractivity contribution in [2.75, 3.05) is 6.54 Å². The Labute approximate surface area is 106 Å². The van der Waals surface area contributed by atoms with Crippen molar-refractivity contribution in [1.82, 2.24) is 10.3 Å². The summed E-state index contributed by atoms with van der Waals surface area (Å²) in [5.41, 5.74) is 2.52. The topological polar surface area (TPSA) is 24.9 Å². The van der Waals surface area contributed by atoms with Crippen LogP contribution in [-0.4, -0.2) is 17.6 Å². The average Bonchev–Trinajstić information content (AvgIpc) is 2.38. The summed E-state index contributed by atoms with van der Waals surface area (Å²) >= 11 is 0. The van der Waals surface area contributed by atoms with Gasteiger partial charge in [0.25, 0.3) is 0 Å². The highest BCUT2D eigenvalue weighted by Crippen LogP contribution is 2.13. The quantitative estimate of drug-likeness (QED) is 0.783. The van der Waals surface area contributed by atoms with Crippen molar-refractivity contribution < 1.29 is 0 Å². The van der Waals surface area contributed by atoms with Gasteiger partial charge in [0.05, 0.1) is 0 Å². The minimum absolute atomic E-state index is 0.546. The van der Waals surface area contributed by atoms with E-state index in [2.05, 4.69) is 50.1 Å². The molecule has 0 amide bonds. The molecule has 2 unspecified atom stereocenters. The Balaban J connectivity index is 2.64. The first-order chi connectivity index (χ1) is 8.21. The third-order valence-electron chi connectivity index (χ3n) is 3.52. The lowest BCUT2D eigenvalue weighted by Crippen LogP contribution is -2.36. The Hall–Kier alpha value is -0.890. The normalized spacial score (nSPS) is 14.6. The molecule has 1 aromatic rings. The Kier molecular flexibility index (Phi) is 6.20. The Morgan fingerprint density at radius 2 is 2.00 bits per heavy atom. The van der Waals surface area contributed by atoms with Crippen LogP contribution >= 0.6 is 0 Å². The molecule has 0 spiro atoms. The zero-order valence-corrected chi connectivity index (χ0v) is 11.7. The van der Waals surface area contributed by atoms with E-state index in [1.165, 1.54) is 17.7 Å². The van der Waals surface area contributed by atoms with Crippen LogP contribution in [0.4, 0.5) is 0 Å². The van der Waals surface area contributed by atoms with Crippen LogP contribution in [0.25, 0.3) is 0 Å². The molecule has 2 atom stereocenters. The van der Waals surface area contributed by atoms with Crippen molar-refractivity contribution in [3.8, 4) is 0 Å². The number of pyridine rings is 1. The second-order valence-electron chi connectivity index (χ2n) is 4.77. The van der Waals surface area contributed by atoms with Gasteiger partial charge in [-0.1, -0.05) is 40.2 Å². The van der Waals surface area contributed by atoms with Crippen LogP contribution in [0.3, 0.4) is 0 Å². The maximum Gasteiger partial charge on any atom is 0.0419 e. The monoisotopic (exact) mass is 234 g/mol. The van der Waals surface area contributed by atoms with Crippen LogP contribution in [-0.2, 0) is 12.8 Å². The number of likely N-dealkylation sites (N-methyl/N-ethyl adjacent to an activating group) is 1. The number of hydrogen-bond donors (Lipinski definition) is 1. The number of aromatic nitrogens is 1. The fourth-order valence-electron chi connectivity index (χ4n) is 2.03. The lowest BCUT2D eigenvalue weighted by Gasteiger charge is -2.23. The number of nitrogens with one attached hydrogen (secondary N) is 1. The average molecular weight is 234 g/mol. The lowest BCUT2D eigenvalue weighted by molar-refractivity contribution is 0.368. The van der Waals surface area contributed by atoms with Crippen LogP contribution < -0.4 is 5.32 Å². The van der Waals surface area contributed by atoms with Crippen molar-refractivity contribution in [2.24, 2.45) is 5.92 Å². The van der Waals surface area contributed by atoms with Crippen molar-refractivity contribution in [3.63, 3.8) is 0 Å². The van der Waals surface area contributed by atoms with Gasteiger partial charge in [-0.2, -0.15) is 0 Å². The van der Waals surface area contributed by atoms with E-state index in [4.69, 9.17) is 0 Å². The second kappa shape index (κ2) is 7.44. The van der Waals surface area contributed by atoms with Crippen molar-refractivity contribution in [1.29, 1.82) is 0 Å². The van der Waals surface area contributed by atoms with Crippen molar-refractivity contribution in [2.45, 2.75) is 53.0 Å². The smallest absolute Gasteiger partial charge is 0.0419 e. The number of hydrogen-bond acceptors (Lipinski definition) is 2. The number of rotatable bonds is 7. The largest absolute Gasteiger partial charge is 0.314 e. The number of aryl methyl sites for hydroxylation is 1. The molecule has 2 heteroatoms. The summed E-state index contributed by atoms with van der Waals surface area (Å²) in [5, 5.41) is 3.57. The van der Waals surface area contributed by atoms with Gasteiger partial charge in [-0.3, -0.25) is 4.98 Å².